The van der Waals surface area contributed by atoms with E-state index in [0.29, 0.717) is 43.6 Å². The summed E-state index contributed by atoms with van der Waals surface area (Å²) in [7, 11) is 0. The number of nitrogens with one attached hydrogen (secondary N) is 1. The molecule has 14 heteroatoms. The summed E-state index contributed by atoms with van der Waals surface area (Å²) < 4.78 is 43.6. The van der Waals surface area contributed by atoms with Gasteiger partial charge in [-0.2, -0.15) is 0 Å². The topological polar surface area (TPSA) is 125 Å². The minimum absolute atomic E-state index is 0.00571. The fourth-order valence-corrected chi connectivity index (χ4v) is 7.42. The van der Waals surface area contributed by atoms with Gasteiger partial charge in [-0.25, -0.2) is 28.1 Å². The van der Waals surface area contributed by atoms with Crippen molar-refractivity contribution in [2.45, 2.75) is 44.2 Å². The molecular weight excluding hydrogens is 696 g/mol. The van der Waals surface area contributed by atoms with Crippen molar-refractivity contribution < 1.29 is 23.0 Å². The molecule has 1 saturated heterocycles. The van der Waals surface area contributed by atoms with Gasteiger partial charge in [0.05, 0.1) is 37.1 Å². The van der Waals surface area contributed by atoms with Crippen LogP contribution >= 0.6 is 0 Å². The quantitative estimate of drug-likeness (QED) is 0.192. The van der Waals surface area contributed by atoms with E-state index in [0.717, 1.165) is 68.4 Å². The third-order valence-electron chi connectivity index (χ3n) is 10.2. The number of rotatable bonds is 10. The molecule has 5 heterocycles. The van der Waals surface area contributed by atoms with Crippen molar-refractivity contribution in [3.63, 3.8) is 0 Å². The lowest BCUT2D eigenvalue weighted by Crippen LogP contribution is -2.45. The summed E-state index contributed by atoms with van der Waals surface area (Å²) in [6.07, 6.45) is 6.47. The predicted octanol–water partition coefficient (Wildman–Crippen LogP) is 5.16. The molecule has 2 aliphatic rings. The van der Waals surface area contributed by atoms with Crippen molar-refractivity contribution in [1.82, 2.24) is 33.7 Å². The zero-order valence-corrected chi connectivity index (χ0v) is 29.5. The molecule has 0 spiro atoms. The minimum Gasteiger partial charge on any atom is -0.494 e. The van der Waals surface area contributed by atoms with Crippen LogP contribution in [0.1, 0.15) is 48.6 Å². The molecule has 0 bridgehead atoms. The third kappa shape index (κ3) is 7.39. The Balaban J connectivity index is 0.999. The molecule has 0 unspecified atom stereocenters. The number of halogens is 2. The summed E-state index contributed by atoms with van der Waals surface area (Å²) in [6, 6.07) is 18.3. The highest BCUT2D eigenvalue weighted by atomic mass is 19.1. The van der Waals surface area contributed by atoms with E-state index >= 15 is 0 Å². The lowest BCUT2D eigenvalue weighted by Gasteiger charge is -2.30. The van der Waals surface area contributed by atoms with Crippen molar-refractivity contribution in [2.75, 3.05) is 39.5 Å². The highest BCUT2D eigenvalue weighted by molar-refractivity contribution is 5.93. The monoisotopic (exact) mass is 735 g/mol. The van der Waals surface area contributed by atoms with E-state index in [1.165, 1.54) is 38.1 Å². The summed E-state index contributed by atoms with van der Waals surface area (Å²) in [5, 5.41) is 2.98. The van der Waals surface area contributed by atoms with E-state index in [9.17, 15) is 23.2 Å². The molecule has 1 aliphatic heterocycles. The SMILES string of the molecule is O=C(NC1CCC(n2c(=O)c3cc(F)cnc3n(-c3cccc(-c4ccc(OCCCN5CCOCC5)cc4)c3)c2=O)CC1)c1cn2cc(F)ccc2n1. The summed E-state index contributed by atoms with van der Waals surface area (Å²) in [6.45, 7) is 5.01. The predicted molar refractivity (Wildman–Crippen MR) is 198 cm³/mol. The molecule has 1 saturated carbocycles. The second kappa shape index (κ2) is 15.3. The number of pyridine rings is 2. The second-order valence-corrected chi connectivity index (χ2v) is 13.8. The molecule has 278 valence electrons. The van der Waals surface area contributed by atoms with Crippen molar-refractivity contribution in [1.29, 1.82) is 0 Å². The maximum atomic E-state index is 14.5. The molecule has 1 aliphatic carbocycles. The number of ether oxygens (including phenoxy) is 2. The van der Waals surface area contributed by atoms with Crippen molar-refractivity contribution >= 4 is 22.6 Å². The number of carbonyl (C=O) groups is 1. The van der Waals surface area contributed by atoms with Gasteiger partial charge in [0, 0.05) is 44.1 Å². The molecule has 12 nitrogen and oxygen atoms in total. The number of carbonyl (C=O) groups excluding carboxylic acids is 1. The molecule has 6 aromatic rings. The number of imidazole rings is 1. The van der Waals surface area contributed by atoms with Crippen molar-refractivity contribution in [3.8, 4) is 22.6 Å². The van der Waals surface area contributed by atoms with Gasteiger partial charge in [-0.1, -0.05) is 24.3 Å². The maximum Gasteiger partial charge on any atom is 0.337 e. The summed E-state index contributed by atoms with van der Waals surface area (Å²) in [4.78, 5) is 52.1. The largest absolute Gasteiger partial charge is 0.494 e. The Bertz CT molecular complexity index is 2430. The molecule has 1 amide bonds. The van der Waals surface area contributed by atoms with E-state index < -0.39 is 34.8 Å². The second-order valence-electron chi connectivity index (χ2n) is 13.8. The molecule has 0 radical (unpaired) electrons. The number of morpholine rings is 1. The maximum absolute atomic E-state index is 14.5. The molecule has 0 atom stereocenters. The number of hydrogen-bond acceptors (Lipinski definition) is 8. The van der Waals surface area contributed by atoms with Gasteiger partial charge in [-0.05, 0) is 85.7 Å². The van der Waals surface area contributed by atoms with E-state index in [1.807, 2.05) is 42.5 Å². The number of hydrogen-bond donors (Lipinski definition) is 1. The Morgan fingerprint density at radius 1 is 0.907 bits per heavy atom. The molecular formula is C40H39F2N7O5. The molecule has 2 aromatic carbocycles. The number of benzene rings is 2. The lowest BCUT2D eigenvalue weighted by molar-refractivity contribution is 0.0358. The first-order valence-electron chi connectivity index (χ1n) is 18.2. The van der Waals surface area contributed by atoms with Crippen molar-refractivity contribution in [2.24, 2.45) is 0 Å². The van der Waals surface area contributed by atoms with Crippen LogP contribution in [0.4, 0.5) is 8.78 Å². The molecule has 1 N–H and O–H groups in total. The van der Waals surface area contributed by atoms with E-state index in [-0.39, 0.29) is 22.8 Å². The lowest BCUT2D eigenvalue weighted by atomic mass is 9.90. The van der Waals surface area contributed by atoms with Crippen LogP contribution in [0.15, 0.2) is 94.9 Å². The van der Waals surface area contributed by atoms with Gasteiger partial charge in [-0.3, -0.25) is 19.1 Å². The smallest absolute Gasteiger partial charge is 0.337 e. The first-order valence-corrected chi connectivity index (χ1v) is 18.2. The molecule has 4 aromatic heterocycles. The van der Waals surface area contributed by atoms with Gasteiger partial charge < -0.3 is 19.2 Å². The zero-order chi connectivity index (χ0) is 37.2. The Hall–Kier alpha value is -5.73. The Morgan fingerprint density at radius 3 is 2.50 bits per heavy atom. The minimum atomic E-state index is -0.686. The van der Waals surface area contributed by atoms with Crippen LogP contribution in [0.3, 0.4) is 0 Å². The summed E-state index contributed by atoms with van der Waals surface area (Å²) >= 11 is 0. The number of amides is 1. The Morgan fingerprint density at radius 2 is 1.70 bits per heavy atom. The van der Waals surface area contributed by atoms with Gasteiger partial charge in [0.1, 0.15) is 28.7 Å². The van der Waals surface area contributed by atoms with Gasteiger partial charge in [0.25, 0.3) is 11.5 Å². The number of aromatic nitrogens is 5. The number of fused-ring (bicyclic) bond motifs is 2. The van der Waals surface area contributed by atoms with Gasteiger partial charge in [0.15, 0.2) is 5.65 Å². The Kier molecular flexibility index (Phi) is 10.0. The van der Waals surface area contributed by atoms with Crippen LogP contribution in [0.25, 0.3) is 33.5 Å². The Labute approximate surface area is 308 Å². The normalized spacial score (nSPS) is 17.9. The average molecular weight is 736 g/mol. The van der Waals surface area contributed by atoms with E-state index in [2.05, 4.69) is 20.2 Å². The fourth-order valence-electron chi connectivity index (χ4n) is 7.42. The summed E-state index contributed by atoms with van der Waals surface area (Å²) in [5.41, 5.74) is 1.70. The zero-order valence-electron chi connectivity index (χ0n) is 29.5. The third-order valence-corrected chi connectivity index (χ3v) is 10.2. The van der Waals surface area contributed by atoms with Crippen LogP contribution in [-0.4, -0.2) is 79.8 Å². The van der Waals surface area contributed by atoms with Crippen LogP contribution in [0.5, 0.6) is 5.75 Å². The van der Waals surface area contributed by atoms with Crippen LogP contribution in [-0.2, 0) is 4.74 Å². The van der Waals surface area contributed by atoms with Gasteiger partial charge >= 0.3 is 5.69 Å². The standard InChI is InChI=1S/C40H39F2N7O5/c41-28-7-14-36-45-35(25-47(36)24-28)38(50)44-30-8-10-31(11-9-30)49-39(51)34-22-29(42)23-43-37(34)48(40(49)52)32-4-1-3-27(21-32)26-5-12-33(13-6-26)54-18-2-15-46-16-19-53-20-17-46/h1,3-7,12-14,21-25,30-31H,2,8-11,15-20H2,(H,44,50). The fraction of sp³-hybridized carbons (Fsp3) is 0.325. The highest BCUT2D eigenvalue weighted by Gasteiger charge is 2.29. The van der Waals surface area contributed by atoms with Gasteiger partial charge in [-0.15, -0.1) is 0 Å². The van der Waals surface area contributed by atoms with E-state index in [1.54, 1.807) is 6.07 Å². The molecule has 2 fully saturated rings. The summed E-state index contributed by atoms with van der Waals surface area (Å²) in [5.74, 6) is -0.759. The highest BCUT2D eigenvalue weighted by Crippen LogP contribution is 2.29. The first-order chi connectivity index (χ1) is 26.3. The van der Waals surface area contributed by atoms with Crippen LogP contribution in [0.2, 0.25) is 0 Å². The van der Waals surface area contributed by atoms with Gasteiger partial charge in [0.2, 0.25) is 0 Å². The number of nitrogens with zero attached hydrogens (tertiary/aromatic N) is 6. The molecule has 54 heavy (non-hydrogen) atoms. The first kappa shape index (κ1) is 35.3. The van der Waals surface area contributed by atoms with Crippen LogP contribution < -0.4 is 21.3 Å². The van der Waals surface area contributed by atoms with Crippen LogP contribution in [0, 0.1) is 11.6 Å². The van der Waals surface area contributed by atoms with E-state index in [4.69, 9.17) is 9.47 Å². The average Bonchev–Trinajstić information content (AvgIpc) is 3.62. The van der Waals surface area contributed by atoms with Crippen molar-refractivity contribution in [3.05, 3.63) is 123 Å². The molecule has 8 rings (SSSR count).